The van der Waals surface area contributed by atoms with Crippen LogP contribution in [0.25, 0.3) is 0 Å². The first-order valence-electron chi connectivity index (χ1n) is 12.7. The normalized spacial score (nSPS) is 19.0. The summed E-state index contributed by atoms with van der Waals surface area (Å²) < 4.78 is 38.3. The molecule has 0 saturated carbocycles. The van der Waals surface area contributed by atoms with E-state index >= 15 is 0 Å². The molecular weight excluding hydrogens is 615 g/mol. The number of benzene rings is 1. The quantitative estimate of drug-likeness (QED) is 0.308. The minimum Gasteiger partial charge on any atom is -0.387 e. The molecule has 0 aliphatic carbocycles. The lowest BCUT2D eigenvalue weighted by molar-refractivity contribution is -0.384. The molecule has 2 saturated heterocycles. The summed E-state index contributed by atoms with van der Waals surface area (Å²) in [5.74, 6) is -2.99. The zero-order valence-corrected chi connectivity index (χ0v) is 23.4. The van der Waals surface area contributed by atoms with Gasteiger partial charge in [0.1, 0.15) is 5.69 Å². The molecule has 1 aromatic carbocycles. The van der Waals surface area contributed by atoms with Crippen molar-refractivity contribution in [2.75, 3.05) is 43.9 Å². The van der Waals surface area contributed by atoms with Crippen molar-refractivity contribution in [1.82, 2.24) is 20.1 Å². The highest BCUT2D eigenvalue weighted by atomic mass is 79.9. The molecule has 4 rings (SSSR count). The minimum absolute atomic E-state index is 0.0484. The number of nitrogens with zero attached hydrogens (tertiary/aromatic N) is 4. The summed E-state index contributed by atoms with van der Waals surface area (Å²) >= 11 is 3.20. The lowest BCUT2D eigenvalue weighted by atomic mass is 10.0. The van der Waals surface area contributed by atoms with Gasteiger partial charge in [-0.2, -0.15) is 13.2 Å². The second-order valence-corrected chi connectivity index (χ2v) is 10.7. The number of halogens is 4. The number of amides is 3. The average molecular weight is 642 g/mol. The number of hydrogen-bond acceptors (Lipinski definition) is 8. The number of nitro groups is 1. The van der Waals surface area contributed by atoms with Crippen LogP contribution in [0.2, 0.25) is 0 Å². The van der Waals surface area contributed by atoms with Crippen molar-refractivity contribution in [3.05, 3.63) is 56.3 Å². The second-order valence-electron chi connectivity index (χ2n) is 9.76. The fourth-order valence-electron chi connectivity index (χ4n) is 4.92. The van der Waals surface area contributed by atoms with Gasteiger partial charge in [0, 0.05) is 68.2 Å². The van der Waals surface area contributed by atoms with E-state index in [1.54, 1.807) is 24.2 Å². The van der Waals surface area contributed by atoms with Crippen LogP contribution in [0.15, 0.2) is 35.1 Å². The van der Waals surface area contributed by atoms with Gasteiger partial charge in [0.2, 0.25) is 0 Å². The van der Waals surface area contributed by atoms with Crippen LogP contribution in [0.3, 0.4) is 0 Å². The monoisotopic (exact) mass is 641 g/mol. The molecule has 3 amide bonds. The Morgan fingerprint density at radius 3 is 2.44 bits per heavy atom. The van der Waals surface area contributed by atoms with Crippen LogP contribution in [0.1, 0.15) is 40.0 Å². The summed E-state index contributed by atoms with van der Waals surface area (Å²) in [5.41, 5.74) is 0.563. The Kier molecular flexibility index (Phi) is 8.99. The number of carbonyl (C=O) groups excluding carboxylic acids is 3. The van der Waals surface area contributed by atoms with Gasteiger partial charge in [-0.3, -0.25) is 29.5 Å². The molecule has 0 unspecified atom stereocenters. The van der Waals surface area contributed by atoms with Gasteiger partial charge in [-0.25, -0.2) is 0 Å². The molecule has 2 atom stereocenters. The molecule has 3 N–H and O–H groups in total. The van der Waals surface area contributed by atoms with Crippen molar-refractivity contribution in [3.8, 4) is 0 Å². The van der Waals surface area contributed by atoms with Crippen LogP contribution in [0.5, 0.6) is 0 Å². The van der Waals surface area contributed by atoms with Gasteiger partial charge in [-0.05, 0) is 31.4 Å². The predicted molar refractivity (Wildman–Crippen MR) is 146 cm³/mol. The maximum Gasteiger partial charge on any atom is 0.471 e. The molecule has 0 radical (unpaired) electrons. The van der Waals surface area contributed by atoms with E-state index < -0.39 is 35.0 Å². The van der Waals surface area contributed by atoms with Crippen LogP contribution in [-0.2, 0) is 4.79 Å². The highest BCUT2D eigenvalue weighted by Crippen LogP contribution is 2.35. The van der Waals surface area contributed by atoms with E-state index in [-0.39, 0.29) is 53.4 Å². The van der Waals surface area contributed by atoms with Crippen molar-refractivity contribution in [1.29, 1.82) is 0 Å². The Balaban J connectivity index is 1.55. The third kappa shape index (κ3) is 7.04. The number of piperidine rings is 1. The molecule has 0 spiro atoms. The molecule has 16 heteroatoms. The molecular formula is C25H27BrF3N7O5. The maximum atomic E-state index is 13.5. The number of anilines is 2. The Hall–Kier alpha value is -3.95. The van der Waals surface area contributed by atoms with E-state index in [9.17, 15) is 37.7 Å². The number of pyridine rings is 1. The summed E-state index contributed by atoms with van der Waals surface area (Å²) in [7, 11) is 1.71. The number of nitro benzene ring substituents is 1. The topological polar surface area (TPSA) is 150 Å². The van der Waals surface area contributed by atoms with E-state index in [0.29, 0.717) is 30.6 Å². The SMILES string of the molecule is CNc1cncc(C(=O)N2CCC[C@@H](Nc3c(C(=O)N4CC[C@@H](NC(=O)C(F)(F)F)C4)cc(Br)cc3[N+](=O)[O-])C2)c1. The van der Waals surface area contributed by atoms with Crippen molar-refractivity contribution in [3.63, 3.8) is 0 Å². The zero-order valence-electron chi connectivity index (χ0n) is 21.8. The summed E-state index contributed by atoms with van der Waals surface area (Å²) in [6.45, 7) is 0.533. The number of nitrogens with one attached hydrogen (secondary N) is 3. The van der Waals surface area contributed by atoms with Gasteiger partial charge < -0.3 is 25.8 Å². The predicted octanol–water partition coefficient (Wildman–Crippen LogP) is 3.40. The van der Waals surface area contributed by atoms with Crippen molar-refractivity contribution in [2.24, 2.45) is 0 Å². The summed E-state index contributed by atoms with van der Waals surface area (Å²) in [6, 6.07) is 2.97. The average Bonchev–Trinajstić information content (AvgIpc) is 3.41. The molecule has 1 aromatic heterocycles. The standard InChI is InChI=1S/C25H27BrF3N7O5/c1-30-18-7-14(10-31-11-18)22(37)34-5-2-3-16(12-34)32-21-19(8-15(26)9-20(21)36(40)41)23(38)35-6-4-17(13-35)33-24(39)25(27,28)29/h7-11,16-17,30,32H,2-6,12-13H2,1H3,(H,33,39)/t16-,17-/m1/s1. The Morgan fingerprint density at radius 1 is 1.05 bits per heavy atom. The van der Waals surface area contributed by atoms with E-state index in [1.165, 1.54) is 23.2 Å². The molecule has 12 nitrogen and oxygen atoms in total. The largest absolute Gasteiger partial charge is 0.471 e. The first kappa shape index (κ1) is 30.0. The van der Waals surface area contributed by atoms with Gasteiger partial charge in [-0.1, -0.05) is 15.9 Å². The van der Waals surface area contributed by atoms with E-state index in [2.05, 4.69) is 31.5 Å². The van der Waals surface area contributed by atoms with Crippen LogP contribution < -0.4 is 16.0 Å². The molecule has 2 aliphatic rings. The molecule has 2 fully saturated rings. The fourth-order valence-corrected chi connectivity index (χ4v) is 5.36. The van der Waals surface area contributed by atoms with Crippen LogP contribution in [0, 0.1) is 10.1 Å². The second kappa shape index (κ2) is 12.3. The van der Waals surface area contributed by atoms with Crippen molar-refractivity contribution >= 4 is 50.7 Å². The summed E-state index contributed by atoms with van der Waals surface area (Å²) in [4.78, 5) is 56.3. The molecule has 220 valence electrons. The third-order valence-electron chi connectivity index (χ3n) is 6.91. The molecule has 0 bridgehead atoms. The van der Waals surface area contributed by atoms with Crippen molar-refractivity contribution < 1.29 is 32.5 Å². The maximum absolute atomic E-state index is 13.5. The van der Waals surface area contributed by atoms with E-state index in [4.69, 9.17) is 0 Å². The van der Waals surface area contributed by atoms with Crippen LogP contribution >= 0.6 is 15.9 Å². The van der Waals surface area contributed by atoms with E-state index in [1.807, 2.05) is 5.32 Å². The Bertz CT molecular complexity index is 1360. The molecule has 3 heterocycles. The Labute approximate surface area is 240 Å². The smallest absolute Gasteiger partial charge is 0.387 e. The highest BCUT2D eigenvalue weighted by molar-refractivity contribution is 9.10. The third-order valence-corrected chi connectivity index (χ3v) is 7.37. The first-order valence-corrected chi connectivity index (χ1v) is 13.5. The van der Waals surface area contributed by atoms with Gasteiger partial charge in [0.25, 0.3) is 17.5 Å². The van der Waals surface area contributed by atoms with Crippen LogP contribution in [0.4, 0.5) is 30.2 Å². The first-order chi connectivity index (χ1) is 19.4. The molecule has 2 aliphatic heterocycles. The zero-order chi connectivity index (χ0) is 29.9. The highest BCUT2D eigenvalue weighted by Gasteiger charge is 2.41. The van der Waals surface area contributed by atoms with Crippen LogP contribution in [-0.4, -0.2) is 88.9 Å². The lowest BCUT2D eigenvalue weighted by Crippen LogP contribution is -2.45. The van der Waals surface area contributed by atoms with Gasteiger partial charge >= 0.3 is 12.1 Å². The van der Waals surface area contributed by atoms with Crippen molar-refractivity contribution in [2.45, 2.75) is 37.5 Å². The lowest BCUT2D eigenvalue weighted by Gasteiger charge is -2.34. The van der Waals surface area contributed by atoms with Gasteiger partial charge in [0.15, 0.2) is 0 Å². The number of alkyl halides is 3. The number of rotatable bonds is 7. The minimum atomic E-state index is -5.05. The number of aromatic nitrogens is 1. The van der Waals surface area contributed by atoms with Gasteiger partial charge in [-0.15, -0.1) is 0 Å². The molecule has 41 heavy (non-hydrogen) atoms. The number of likely N-dealkylation sites (tertiary alicyclic amines) is 2. The number of hydrogen-bond donors (Lipinski definition) is 3. The fraction of sp³-hybridized carbons (Fsp3) is 0.440. The molecule has 2 aromatic rings. The number of carbonyl (C=O) groups is 3. The Morgan fingerprint density at radius 2 is 1.76 bits per heavy atom. The summed E-state index contributed by atoms with van der Waals surface area (Å²) in [5, 5.41) is 19.9. The van der Waals surface area contributed by atoms with E-state index in [0.717, 1.165) is 0 Å². The van der Waals surface area contributed by atoms with Gasteiger partial charge in [0.05, 0.1) is 21.7 Å². The summed E-state index contributed by atoms with van der Waals surface area (Å²) in [6.07, 6.45) is -0.763.